The van der Waals surface area contributed by atoms with Gasteiger partial charge in [-0.2, -0.15) is 4.40 Å². The fraction of sp³-hybridized carbons (Fsp3) is 0.636. The van der Waals surface area contributed by atoms with Crippen LogP contribution in [0.2, 0.25) is 0 Å². The fourth-order valence-electron chi connectivity index (χ4n) is 2.35. The first-order chi connectivity index (χ1) is 10.2. The first-order valence-electron chi connectivity index (χ1n) is 6.34. The van der Waals surface area contributed by atoms with Gasteiger partial charge in [0, 0.05) is 0 Å². The van der Waals surface area contributed by atoms with Crippen LogP contribution in [0.25, 0.3) is 0 Å². The molecule has 2 rings (SSSR count). The summed E-state index contributed by atoms with van der Waals surface area (Å²) < 4.78 is 21.9. The summed E-state index contributed by atoms with van der Waals surface area (Å²) in [5, 5.41) is 10.3. The van der Waals surface area contributed by atoms with Crippen molar-refractivity contribution >= 4 is 46.6 Å². The Hall–Kier alpha value is -0.620. The van der Waals surface area contributed by atoms with Gasteiger partial charge in [0.1, 0.15) is 0 Å². The molecule has 0 aromatic heterocycles. The number of hydrogen-bond donors (Lipinski definition) is 1. The second-order valence-corrected chi connectivity index (χ2v) is 7.74. The summed E-state index contributed by atoms with van der Waals surface area (Å²) in [6, 6.07) is -1.27. The molecular formula is C11H14N3NaO6S2. The summed E-state index contributed by atoms with van der Waals surface area (Å²) in [6.07, 6.45) is -0.721. The van der Waals surface area contributed by atoms with Crippen LogP contribution in [0.3, 0.4) is 0 Å². The number of hydrogen-bond acceptors (Lipinski definition) is 8. The molecule has 12 heteroatoms. The van der Waals surface area contributed by atoms with E-state index >= 15 is 0 Å². The smallest absolute Gasteiger partial charge is 0.548 e. The minimum atomic E-state index is -1.64. The van der Waals surface area contributed by atoms with Gasteiger partial charge >= 0.3 is 35.7 Å². The average Bonchev–Trinajstić information content (AvgIpc) is 2.61. The third-order valence-electron chi connectivity index (χ3n) is 3.37. The molecule has 2 fully saturated rings. The van der Waals surface area contributed by atoms with E-state index in [1.165, 1.54) is 13.8 Å². The molecule has 2 heterocycles. The van der Waals surface area contributed by atoms with Crippen LogP contribution >= 0.6 is 12.1 Å². The second-order valence-electron chi connectivity index (χ2n) is 5.08. The summed E-state index contributed by atoms with van der Waals surface area (Å²) in [5.41, 5.74) is -0.0445. The molecule has 0 saturated carbocycles. The Labute approximate surface area is 161 Å². The van der Waals surface area contributed by atoms with Gasteiger partial charge < -0.3 is 19.5 Å². The molecule has 0 aromatic rings. The minimum absolute atomic E-state index is 0. The maximum absolute atomic E-state index is 12.4. The summed E-state index contributed by atoms with van der Waals surface area (Å²) in [4.78, 5) is 35.3. The van der Waals surface area contributed by atoms with Crippen molar-refractivity contribution in [1.29, 1.82) is 0 Å². The molecule has 122 valence electrons. The van der Waals surface area contributed by atoms with Gasteiger partial charge in [0.15, 0.2) is 11.1 Å². The summed E-state index contributed by atoms with van der Waals surface area (Å²) in [6.45, 7) is 4.81. The largest absolute Gasteiger partial charge is 1.00 e. The number of β-lactam (4-membered cyclic amide) rings is 1. The number of rotatable bonds is 4. The Bertz CT molecular complexity index is 596. The number of aliphatic carboxylic acids is 1. The monoisotopic (exact) mass is 371 g/mol. The van der Waals surface area contributed by atoms with E-state index in [-0.39, 0.29) is 41.9 Å². The van der Waals surface area contributed by atoms with Gasteiger partial charge in [0.05, 0.1) is 46.3 Å². The van der Waals surface area contributed by atoms with Gasteiger partial charge in [-0.25, -0.2) is 9.52 Å². The van der Waals surface area contributed by atoms with E-state index in [9.17, 15) is 23.7 Å². The van der Waals surface area contributed by atoms with Crippen molar-refractivity contribution in [1.82, 2.24) is 9.62 Å². The van der Waals surface area contributed by atoms with E-state index in [1.807, 2.05) is 0 Å². The predicted octanol–water partition coefficient (Wildman–Crippen LogP) is -4.43. The van der Waals surface area contributed by atoms with Gasteiger partial charge in [-0.1, -0.05) is 0 Å². The second kappa shape index (κ2) is 7.51. The number of carboxylic acid groups (broad SMARTS) is 1. The number of carboxylic acids is 1. The molecule has 2 amide bonds. The zero-order valence-electron chi connectivity index (χ0n) is 13.0. The van der Waals surface area contributed by atoms with Crippen LogP contribution in [0.5, 0.6) is 0 Å². The Morgan fingerprint density at radius 1 is 1.52 bits per heavy atom. The average molecular weight is 371 g/mol. The molecule has 2 aliphatic heterocycles. The molecule has 23 heavy (non-hydrogen) atoms. The zero-order valence-corrected chi connectivity index (χ0v) is 16.7. The number of ether oxygens (including phenoxy) is 1. The number of carbonyl (C=O) groups excluding carboxylic acids is 3. The quantitative estimate of drug-likeness (QED) is 0.300. The van der Waals surface area contributed by atoms with E-state index in [0.717, 1.165) is 4.90 Å². The molecule has 0 bridgehead atoms. The first kappa shape index (κ1) is 20.4. The van der Waals surface area contributed by atoms with Crippen LogP contribution in [0.4, 0.5) is 4.79 Å². The molecule has 1 unspecified atom stereocenters. The van der Waals surface area contributed by atoms with Gasteiger partial charge in [-0.15, -0.1) is 0 Å². The van der Waals surface area contributed by atoms with Crippen molar-refractivity contribution in [2.45, 2.75) is 36.9 Å². The van der Waals surface area contributed by atoms with E-state index in [4.69, 9.17) is 0 Å². The van der Waals surface area contributed by atoms with Crippen LogP contribution in [0, 0.1) is 0 Å². The fourth-order valence-corrected chi connectivity index (χ4v) is 4.66. The van der Waals surface area contributed by atoms with Gasteiger partial charge in [-0.3, -0.25) is 9.00 Å². The molecule has 2 aliphatic rings. The zero-order chi connectivity index (χ0) is 16.7. The molecule has 0 aromatic carbocycles. The number of fused-ring (bicyclic) bond motifs is 1. The third-order valence-corrected chi connectivity index (χ3v) is 6.03. The van der Waals surface area contributed by atoms with Crippen molar-refractivity contribution < 1.29 is 58.0 Å². The van der Waals surface area contributed by atoms with Crippen molar-refractivity contribution in [2.75, 3.05) is 6.61 Å². The maximum atomic E-state index is 12.4. The van der Waals surface area contributed by atoms with Gasteiger partial charge in [-0.05, 0) is 20.8 Å². The van der Waals surface area contributed by atoms with E-state index < -0.39 is 44.9 Å². The van der Waals surface area contributed by atoms with E-state index in [1.54, 1.807) is 6.92 Å². The summed E-state index contributed by atoms with van der Waals surface area (Å²) in [7, 11) is -1.64. The molecule has 1 N–H and O–H groups in total. The third kappa shape index (κ3) is 3.43. The number of nitrogens with zero attached hydrogens (tertiary/aromatic N) is 2. The molecule has 0 radical (unpaired) electrons. The topological polar surface area (TPSA) is 128 Å². The summed E-state index contributed by atoms with van der Waals surface area (Å²) >= 11 is 0.568. The van der Waals surface area contributed by atoms with Gasteiger partial charge in [0.25, 0.3) is 5.91 Å². The Morgan fingerprint density at radius 3 is 2.65 bits per heavy atom. The van der Waals surface area contributed by atoms with E-state index in [2.05, 4.69) is 13.9 Å². The summed E-state index contributed by atoms with van der Waals surface area (Å²) in [5.74, 6) is -2.08. The van der Waals surface area contributed by atoms with Crippen molar-refractivity contribution in [2.24, 2.45) is 4.40 Å². The van der Waals surface area contributed by atoms with Crippen LogP contribution in [-0.4, -0.2) is 55.6 Å². The molecular weight excluding hydrogens is 357 g/mol. The van der Waals surface area contributed by atoms with Gasteiger partial charge in [0.2, 0.25) is 0 Å². The predicted molar refractivity (Wildman–Crippen MR) is 76.8 cm³/mol. The molecule has 9 nitrogen and oxygen atoms in total. The Morgan fingerprint density at radius 2 is 2.13 bits per heavy atom. The van der Waals surface area contributed by atoms with Crippen LogP contribution < -0.4 is 39.4 Å². The number of nitrogens with one attached hydrogen (secondary N) is 1. The minimum Gasteiger partial charge on any atom is -0.548 e. The SMILES string of the molecule is CCOC(=O)NS/N=C1\C(=O)N2[C@@H]1S(=O)C(C)(C)[C@@H]2C(=O)[O-].[Na+]. The number of amides is 2. The molecule has 0 aliphatic carbocycles. The van der Waals surface area contributed by atoms with Crippen molar-refractivity contribution in [3.05, 3.63) is 0 Å². The Balaban J connectivity index is 0.00000264. The standard InChI is InChI=1S/C11H15N3O6S2.Na/c1-4-20-10(18)13-21-12-5-7(15)14-6(9(16)17)11(2,3)22(19)8(5)14;/h6,8H,4H2,1-3H3,(H,13,18)(H,16,17);/q;+1/p-1/b12-5+;/t6-,8+,22?;/m0./s1. The molecule has 2 saturated heterocycles. The first-order valence-corrected chi connectivity index (χ1v) is 8.33. The van der Waals surface area contributed by atoms with Crippen LogP contribution in [0.1, 0.15) is 20.8 Å². The van der Waals surface area contributed by atoms with Crippen LogP contribution in [-0.2, 0) is 25.1 Å². The molecule has 0 spiro atoms. The van der Waals surface area contributed by atoms with Crippen molar-refractivity contribution in [3.63, 3.8) is 0 Å². The van der Waals surface area contributed by atoms with Crippen LogP contribution in [0.15, 0.2) is 4.40 Å². The van der Waals surface area contributed by atoms with E-state index in [0.29, 0.717) is 12.1 Å². The maximum Gasteiger partial charge on any atom is 1.00 e. The molecule has 3 atom stereocenters. The van der Waals surface area contributed by atoms with Crippen molar-refractivity contribution in [3.8, 4) is 0 Å². The normalized spacial score (nSPS) is 29.3. The Kier molecular flexibility index (Phi) is 6.67. The number of carbonyl (C=O) groups is 3.